The van der Waals surface area contributed by atoms with Gasteiger partial charge in [0, 0.05) is 30.7 Å². The average Bonchev–Trinajstić information content (AvgIpc) is 2.39. The number of hydrazine groups is 1. The summed E-state index contributed by atoms with van der Waals surface area (Å²) in [5.41, 5.74) is 5.62. The summed E-state index contributed by atoms with van der Waals surface area (Å²) in [7, 11) is 1.84. The number of carbonyl (C=O) groups is 1. The standard InChI is InChI=1S/C14H31N3O2S/c1-13(2,9-16-12(18)7-8-20-6)11-19-14(3,4)10-17-15-5/h15,17H,7-11H2,1-6H3,(H,16,18). The van der Waals surface area contributed by atoms with E-state index >= 15 is 0 Å². The molecule has 0 bridgehead atoms. The summed E-state index contributed by atoms with van der Waals surface area (Å²) in [6, 6.07) is 0. The maximum Gasteiger partial charge on any atom is 0.220 e. The molecule has 0 aliphatic rings. The lowest BCUT2D eigenvalue weighted by Crippen LogP contribution is -2.45. The topological polar surface area (TPSA) is 62.4 Å². The van der Waals surface area contributed by atoms with E-state index in [0.29, 0.717) is 19.6 Å². The zero-order chi connectivity index (χ0) is 15.6. The highest BCUT2D eigenvalue weighted by molar-refractivity contribution is 7.98. The van der Waals surface area contributed by atoms with Crippen LogP contribution in [0.3, 0.4) is 0 Å². The SMILES string of the molecule is CNNCC(C)(C)OCC(C)(C)CNC(=O)CCSC. The number of ether oxygens (including phenoxy) is 1. The Morgan fingerprint density at radius 1 is 1.20 bits per heavy atom. The molecule has 0 unspecified atom stereocenters. The fourth-order valence-corrected chi connectivity index (χ4v) is 1.80. The van der Waals surface area contributed by atoms with Crippen molar-refractivity contribution in [2.24, 2.45) is 5.41 Å². The van der Waals surface area contributed by atoms with Crippen molar-refractivity contribution in [2.75, 3.05) is 38.8 Å². The lowest BCUT2D eigenvalue weighted by Gasteiger charge is -2.32. The maximum atomic E-state index is 11.6. The van der Waals surface area contributed by atoms with E-state index < -0.39 is 0 Å². The Labute approximate surface area is 128 Å². The summed E-state index contributed by atoms with van der Waals surface area (Å²) in [6.07, 6.45) is 2.59. The van der Waals surface area contributed by atoms with Gasteiger partial charge in [-0.15, -0.1) is 0 Å². The van der Waals surface area contributed by atoms with Crippen molar-refractivity contribution >= 4 is 17.7 Å². The molecule has 3 N–H and O–H groups in total. The van der Waals surface area contributed by atoms with Crippen molar-refractivity contribution in [1.82, 2.24) is 16.2 Å². The van der Waals surface area contributed by atoms with E-state index in [2.05, 4.69) is 30.0 Å². The van der Waals surface area contributed by atoms with Crippen LogP contribution in [-0.4, -0.2) is 50.3 Å². The summed E-state index contributed by atoms with van der Waals surface area (Å²) < 4.78 is 5.95. The highest BCUT2D eigenvalue weighted by atomic mass is 32.2. The van der Waals surface area contributed by atoms with Crippen LogP contribution in [0.4, 0.5) is 0 Å². The molecule has 0 spiro atoms. The van der Waals surface area contributed by atoms with Gasteiger partial charge in [-0.05, 0) is 27.2 Å². The second kappa shape index (κ2) is 9.60. The van der Waals surface area contributed by atoms with Gasteiger partial charge in [-0.25, -0.2) is 0 Å². The van der Waals surface area contributed by atoms with E-state index in [1.165, 1.54) is 0 Å². The van der Waals surface area contributed by atoms with E-state index in [0.717, 1.165) is 12.3 Å². The molecule has 0 saturated carbocycles. The molecule has 0 rings (SSSR count). The van der Waals surface area contributed by atoms with Crippen molar-refractivity contribution in [2.45, 2.75) is 39.7 Å². The first-order valence-corrected chi connectivity index (χ1v) is 8.41. The van der Waals surface area contributed by atoms with Crippen molar-refractivity contribution in [3.8, 4) is 0 Å². The van der Waals surface area contributed by atoms with Gasteiger partial charge in [-0.2, -0.15) is 11.8 Å². The normalized spacial score (nSPS) is 12.5. The van der Waals surface area contributed by atoms with Crippen molar-refractivity contribution in [3.63, 3.8) is 0 Å². The molecule has 120 valence electrons. The Morgan fingerprint density at radius 2 is 1.85 bits per heavy atom. The lowest BCUT2D eigenvalue weighted by molar-refractivity contribution is -0.121. The number of thioether (sulfide) groups is 1. The average molecular weight is 305 g/mol. The first-order chi connectivity index (χ1) is 9.22. The van der Waals surface area contributed by atoms with Crippen LogP contribution in [0.5, 0.6) is 0 Å². The Kier molecular flexibility index (Phi) is 9.46. The fraction of sp³-hybridized carbons (Fsp3) is 0.929. The number of hydrogen-bond acceptors (Lipinski definition) is 5. The highest BCUT2D eigenvalue weighted by Crippen LogP contribution is 2.18. The smallest absolute Gasteiger partial charge is 0.220 e. The second-order valence-electron chi connectivity index (χ2n) is 6.34. The van der Waals surface area contributed by atoms with Crippen LogP contribution in [-0.2, 0) is 9.53 Å². The molecule has 0 aliphatic carbocycles. The van der Waals surface area contributed by atoms with Crippen molar-refractivity contribution in [1.29, 1.82) is 0 Å². The lowest BCUT2D eigenvalue weighted by atomic mass is 9.94. The quantitative estimate of drug-likeness (QED) is 0.504. The van der Waals surface area contributed by atoms with E-state index in [4.69, 9.17) is 4.74 Å². The molecule has 0 heterocycles. The Morgan fingerprint density at radius 3 is 2.40 bits per heavy atom. The summed E-state index contributed by atoms with van der Waals surface area (Å²) >= 11 is 1.69. The van der Waals surface area contributed by atoms with Gasteiger partial charge in [-0.3, -0.25) is 15.6 Å². The predicted molar refractivity (Wildman–Crippen MR) is 86.9 cm³/mol. The molecule has 0 atom stereocenters. The molecule has 20 heavy (non-hydrogen) atoms. The molecule has 0 aromatic heterocycles. The zero-order valence-electron chi connectivity index (χ0n) is 13.8. The predicted octanol–water partition coefficient (Wildman–Crippen LogP) is 1.40. The van der Waals surface area contributed by atoms with Crippen LogP contribution in [0.2, 0.25) is 0 Å². The Bertz CT molecular complexity index is 284. The number of amides is 1. The third-order valence-electron chi connectivity index (χ3n) is 2.84. The minimum absolute atomic E-state index is 0.0774. The third kappa shape index (κ3) is 10.5. The number of nitrogens with one attached hydrogen (secondary N) is 3. The van der Waals surface area contributed by atoms with E-state index in [1.807, 2.05) is 27.2 Å². The van der Waals surface area contributed by atoms with Gasteiger partial charge in [0.15, 0.2) is 0 Å². The summed E-state index contributed by atoms with van der Waals surface area (Å²) in [5.74, 6) is 0.981. The molecule has 0 radical (unpaired) electrons. The number of hydrogen-bond donors (Lipinski definition) is 3. The molecule has 0 aromatic carbocycles. The Balaban J connectivity index is 4.02. The van der Waals surface area contributed by atoms with Crippen LogP contribution in [0.1, 0.15) is 34.1 Å². The van der Waals surface area contributed by atoms with Gasteiger partial charge >= 0.3 is 0 Å². The van der Waals surface area contributed by atoms with E-state index in [9.17, 15) is 4.79 Å². The highest BCUT2D eigenvalue weighted by Gasteiger charge is 2.25. The van der Waals surface area contributed by atoms with Gasteiger partial charge < -0.3 is 10.1 Å². The monoisotopic (exact) mass is 305 g/mol. The van der Waals surface area contributed by atoms with Gasteiger partial charge in [0.1, 0.15) is 0 Å². The Hall–Kier alpha value is -0.300. The molecule has 1 amide bonds. The zero-order valence-corrected chi connectivity index (χ0v) is 14.6. The molecular weight excluding hydrogens is 274 g/mol. The summed E-state index contributed by atoms with van der Waals surface area (Å²) in [6.45, 7) is 10.3. The van der Waals surface area contributed by atoms with Crippen LogP contribution in [0.25, 0.3) is 0 Å². The molecule has 0 saturated heterocycles. The van der Waals surface area contributed by atoms with Crippen molar-refractivity contribution < 1.29 is 9.53 Å². The van der Waals surface area contributed by atoms with Crippen LogP contribution in [0.15, 0.2) is 0 Å². The fourth-order valence-electron chi connectivity index (χ4n) is 1.42. The van der Waals surface area contributed by atoms with Gasteiger partial charge in [0.2, 0.25) is 5.91 Å². The number of rotatable bonds is 11. The second-order valence-corrected chi connectivity index (χ2v) is 7.32. The van der Waals surface area contributed by atoms with Crippen molar-refractivity contribution in [3.05, 3.63) is 0 Å². The van der Waals surface area contributed by atoms with Gasteiger partial charge in [0.25, 0.3) is 0 Å². The van der Waals surface area contributed by atoms with Crippen LogP contribution in [0, 0.1) is 5.41 Å². The minimum Gasteiger partial charge on any atom is -0.374 e. The first-order valence-electron chi connectivity index (χ1n) is 7.02. The molecule has 0 aliphatic heterocycles. The van der Waals surface area contributed by atoms with Crippen LogP contribution >= 0.6 is 11.8 Å². The molecule has 0 fully saturated rings. The molecule has 5 nitrogen and oxygen atoms in total. The van der Waals surface area contributed by atoms with E-state index in [-0.39, 0.29) is 16.9 Å². The number of carbonyl (C=O) groups excluding carboxylic acids is 1. The molecule has 0 aromatic rings. The maximum absolute atomic E-state index is 11.6. The van der Waals surface area contributed by atoms with E-state index in [1.54, 1.807) is 11.8 Å². The summed E-state index contributed by atoms with van der Waals surface area (Å²) in [4.78, 5) is 11.6. The van der Waals surface area contributed by atoms with Gasteiger partial charge in [0.05, 0.1) is 12.2 Å². The minimum atomic E-state index is -0.247. The third-order valence-corrected chi connectivity index (χ3v) is 3.45. The summed E-state index contributed by atoms with van der Waals surface area (Å²) in [5, 5.41) is 2.98. The molecule has 6 heteroatoms. The van der Waals surface area contributed by atoms with Gasteiger partial charge in [-0.1, -0.05) is 13.8 Å². The molecular formula is C14H31N3O2S. The largest absolute Gasteiger partial charge is 0.374 e. The first kappa shape index (κ1) is 19.7. The van der Waals surface area contributed by atoms with Crippen LogP contribution < -0.4 is 16.2 Å².